The normalized spacial score (nSPS) is 28.4. The van der Waals surface area contributed by atoms with Crippen LogP contribution in [0.15, 0.2) is 54.1 Å². The van der Waals surface area contributed by atoms with Gasteiger partial charge < -0.3 is 4.74 Å². The summed E-state index contributed by atoms with van der Waals surface area (Å²) in [6.45, 7) is 1.69. The number of halogens is 2. The van der Waals surface area contributed by atoms with Crippen molar-refractivity contribution in [2.75, 3.05) is 6.61 Å². The molecule has 0 aromatic heterocycles. The first-order valence-electron chi connectivity index (χ1n) is 8.88. The van der Waals surface area contributed by atoms with Crippen molar-refractivity contribution in [1.29, 1.82) is 0 Å². The number of rotatable bonds is 3. The van der Waals surface area contributed by atoms with Gasteiger partial charge in [-0.05, 0) is 23.6 Å². The predicted octanol–water partition coefficient (Wildman–Crippen LogP) is 5.04. The highest BCUT2D eigenvalue weighted by Gasteiger charge is 2.65. The highest BCUT2D eigenvalue weighted by atomic mass is 35.5. The molecule has 144 valence electrons. The molecule has 2 aromatic rings. The van der Waals surface area contributed by atoms with E-state index in [4.69, 9.17) is 27.9 Å². The molecule has 28 heavy (non-hydrogen) atoms. The lowest BCUT2D eigenvalue weighted by molar-refractivity contribution is -0.584. The Morgan fingerprint density at radius 3 is 2.61 bits per heavy atom. The van der Waals surface area contributed by atoms with Crippen LogP contribution in [0.5, 0.6) is 5.75 Å². The van der Waals surface area contributed by atoms with Crippen LogP contribution in [0.1, 0.15) is 29.9 Å². The quantitative estimate of drug-likeness (QED) is 0.398. The van der Waals surface area contributed by atoms with E-state index in [1.165, 1.54) is 0 Å². The maximum atomic E-state index is 12.6. The summed E-state index contributed by atoms with van der Waals surface area (Å²) in [7, 11) is 0. The Kier molecular flexibility index (Phi) is 4.68. The Balaban J connectivity index is 2.03. The number of allylic oxidation sites excluding steroid dienone is 1. The van der Waals surface area contributed by atoms with Crippen LogP contribution in [0.3, 0.4) is 0 Å². The van der Waals surface area contributed by atoms with Gasteiger partial charge in [0.25, 0.3) is 5.54 Å². The van der Waals surface area contributed by atoms with Crippen molar-refractivity contribution in [3.63, 3.8) is 0 Å². The molecule has 2 aliphatic rings. The maximum Gasteiger partial charge on any atom is 0.273 e. The van der Waals surface area contributed by atoms with E-state index >= 15 is 0 Å². The van der Waals surface area contributed by atoms with Crippen molar-refractivity contribution in [1.82, 2.24) is 0 Å². The van der Waals surface area contributed by atoms with Gasteiger partial charge in [0, 0.05) is 21.1 Å². The number of hydrogen-bond acceptors (Lipinski definition) is 4. The molecule has 0 unspecified atom stereocenters. The molecule has 2 aromatic carbocycles. The highest BCUT2D eigenvalue weighted by Crippen LogP contribution is 2.57. The van der Waals surface area contributed by atoms with Gasteiger partial charge in [0.2, 0.25) is 0 Å². The zero-order chi connectivity index (χ0) is 20.1. The number of benzene rings is 2. The first-order chi connectivity index (χ1) is 13.4. The zero-order valence-electron chi connectivity index (χ0n) is 15.0. The average Bonchev–Trinajstić information content (AvgIpc) is 2.67. The van der Waals surface area contributed by atoms with E-state index in [0.717, 1.165) is 6.29 Å². The summed E-state index contributed by atoms with van der Waals surface area (Å²) in [5.74, 6) is -1.14. The van der Waals surface area contributed by atoms with E-state index in [1.807, 2.05) is 31.2 Å². The summed E-state index contributed by atoms with van der Waals surface area (Å²) in [5.41, 5.74) is 0.156. The molecule has 1 aliphatic carbocycles. The lowest BCUT2D eigenvalue weighted by Gasteiger charge is -2.47. The molecule has 5 nitrogen and oxygen atoms in total. The smallest absolute Gasteiger partial charge is 0.273 e. The van der Waals surface area contributed by atoms with Crippen LogP contribution in [-0.2, 0) is 4.79 Å². The Labute approximate surface area is 172 Å². The predicted molar refractivity (Wildman–Crippen MR) is 107 cm³/mol. The van der Waals surface area contributed by atoms with Crippen molar-refractivity contribution in [2.24, 2.45) is 5.92 Å². The van der Waals surface area contributed by atoms with Gasteiger partial charge in [-0.25, -0.2) is 0 Å². The fraction of sp³-hybridized carbons (Fsp3) is 0.286. The van der Waals surface area contributed by atoms with Gasteiger partial charge in [0.15, 0.2) is 6.61 Å². The molecule has 0 N–H and O–H groups in total. The Bertz CT molecular complexity index is 991. The van der Waals surface area contributed by atoms with Gasteiger partial charge in [0.1, 0.15) is 12.0 Å². The van der Waals surface area contributed by atoms with Crippen molar-refractivity contribution < 1.29 is 14.5 Å². The van der Waals surface area contributed by atoms with Gasteiger partial charge in [-0.15, -0.1) is 0 Å². The van der Waals surface area contributed by atoms with Crippen LogP contribution >= 0.6 is 23.2 Å². The number of aldehydes is 1. The van der Waals surface area contributed by atoms with Crippen LogP contribution in [0.4, 0.5) is 0 Å². The number of nitro groups is 1. The molecule has 4 rings (SSSR count). The Hall–Kier alpha value is -2.37. The SMILES string of the molecule is C[C@@H]1C=C(C=O)[C@H](c2ccccc2)[C@]2([N+](=O)[O-])COc3c(Cl)cc(Cl)cc3[C@@H]12. The first-order valence-corrected chi connectivity index (χ1v) is 9.63. The van der Waals surface area contributed by atoms with E-state index in [2.05, 4.69) is 0 Å². The van der Waals surface area contributed by atoms with Crippen LogP contribution in [0, 0.1) is 16.0 Å². The van der Waals surface area contributed by atoms with Gasteiger partial charge in [0.05, 0.1) is 16.9 Å². The summed E-state index contributed by atoms with van der Waals surface area (Å²) in [6, 6.07) is 12.3. The monoisotopic (exact) mass is 417 g/mol. The minimum absolute atomic E-state index is 0.186. The van der Waals surface area contributed by atoms with Gasteiger partial charge >= 0.3 is 0 Å². The van der Waals surface area contributed by atoms with E-state index in [-0.39, 0.29) is 17.4 Å². The molecule has 0 fully saturated rings. The molecular weight excluding hydrogens is 401 g/mol. The standard InChI is InChI=1S/C21H17Cl2NO4/c1-12-7-14(10-25)19(13-5-3-2-4-6-13)21(24(26)27)11-28-20-16(18(12)21)8-15(22)9-17(20)23/h2-10,12,18-19H,11H2,1H3/t12-,18-,19+,21+/m1/s1. The van der Waals surface area contributed by atoms with Crippen LogP contribution in [0.25, 0.3) is 0 Å². The number of hydrogen-bond donors (Lipinski definition) is 0. The molecule has 1 aliphatic heterocycles. The van der Waals surface area contributed by atoms with Gasteiger partial charge in [-0.3, -0.25) is 14.9 Å². The second-order valence-electron chi connectivity index (χ2n) is 7.31. The van der Waals surface area contributed by atoms with E-state index in [1.54, 1.807) is 24.3 Å². The summed E-state index contributed by atoms with van der Waals surface area (Å²) in [5, 5.41) is 13.3. The lowest BCUT2D eigenvalue weighted by atomic mass is 9.58. The summed E-state index contributed by atoms with van der Waals surface area (Å²) >= 11 is 12.5. The molecular formula is C21H17Cl2NO4. The zero-order valence-corrected chi connectivity index (χ0v) is 16.5. The molecule has 0 radical (unpaired) electrons. The molecule has 0 saturated heterocycles. The number of ether oxygens (including phenoxy) is 1. The van der Waals surface area contributed by atoms with E-state index < -0.39 is 17.4 Å². The highest BCUT2D eigenvalue weighted by molar-refractivity contribution is 6.35. The fourth-order valence-corrected chi connectivity index (χ4v) is 5.37. The maximum absolute atomic E-state index is 12.6. The topological polar surface area (TPSA) is 69.4 Å². The van der Waals surface area contributed by atoms with E-state index in [0.29, 0.717) is 32.5 Å². The minimum Gasteiger partial charge on any atom is -0.484 e. The molecule has 1 heterocycles. The average molecular weight is 418 g/mol. The minimum atomic E-state index is -1.55. The number of nitrogens with zero attached hydrogens (tertiary/aromatic N) is 1. The first kappa shape index (κ1) is 19.0. The number of carbonyl (C=O) groups excluding carboxylic acids is 1. The largest absolute Gasteiger partial charge is 0.484 e. The molecule has 0 saturated carbocycles. The lowest BCUT2D eigenvalue weighted by Crippen LogP contribution is -2.59. The second kappa shape index (κ2) is 6.90. The fourth-order valence-electron chi connectivity index (χ4n) is 4.80. The third kappa shape index (κ3) is 2.65. The molecule has 4 atom stereocenters. The Morgan fingerprint density at radius 1 is 1.25 bits per heavy atom. The van der Waals surface area contributed by atoms with Gasteiger partial charge in [-0.1, -0.05) is 66.5 Å². The summed E-state index contributed by atoms with van der Waals surface area (Å²) in [6.07, 6.45) is 2.54. The Morgan fingerprint density at radius 2 is 1.96 bits per heavy atom. The summed E-state index contributed by atoms with van der Waals surface area (Å²) in [4.78, 5) is 24.2. The van der Waals surface area contributed by atoms with Crippen molar-refractivity contribution in [3.05, 3.63) is 85.4 Å². The van der Waals surface area contributed by atoms with Gasteiger partial charge in [-0.2, -0.15) is 0 Å². The summed E-state index contributed by atoms with van der Waals surface area (Å²) < 4.78 is 5.86. The molecule has 0 amide bonds. The third-order valence-electron chi connectivity index (χ3n) is 5.78. The van der Waals surface area contributed by atoms with E-state index in [9.17, 15) is 14.9 Å². The van der Waals surface area contributed by atoms with Crippen LogP contribution in [0.2, 0.25) is 10.0 Å². The van der Waals surface area contributed by atoms with Crippen molar-refractivity contribution in [3.8, 4) is 5.75 Å². The second-order valence-corrected chi connectivity index (χ2v) is 8.15. The van der Waals surface area contributed by atoms with Crippen LogP contribution in [-0.4, -0.2) is 23.4 Å². The van der Waals surface area contributed by atoms with Crippen molar-refractivity contribution >= 4 is 29.5 Å². The third-order valence-corrected chi connectivity index (χ3v) is 6.28. The number of carbonyl (C=O) groups is 1. The molecule has 0 spiro atoms. The molecule has 0 bridgehead atoms. The van der Waals surface area contributed by atoms with Crippen LogP contribution < -0.4 is 4.74 Å². The molecule has 7 heteroatoms. The van der Waals surface area contributed by atoms with Crippen molar-refractivity contribution in [2.45, 2.75) is 24.3 Å². The number of fused-ring (bicyclic) bond motifs is 3.